The van der Waals surface area contributed by atoms with E-state index in [4.69, 9.17) is 9.84 Å². The van der Waals surface area contributed by atoms with Gasteiger partial charge in [0.2, 0.25) is 11.8 Å². The van der Waals surface area contributed by atoms with Crippen LogP contribution in [0.4, 0.5) is 10.2 Å². The maximum Gasteiger partial charge on any atom is 0.240 e. The molecule has 2 aromatic heterocycles. The van der Waals surface area contributed by atoms with Crippen molar-refractivity contribution in [3.63, 3.8) is 0 Å². The summed E-state index contributed by atoms with van der Waals surface area (Å²) in [6, 6.07) is 25.4. The number of ether oxygens (including phenoxy) is 1. The number of nitrogens with one attached hydrogen (secondary N) is 1. The Bertz CT molecular complexity index is 1690. The molecule has 10 heteroatoms. The van der Waals surface area contributed by atoms with Crippen molar-refractivity contribution >= 4 is 40.7 Å². The number of rotatable bonds is 8. The number of methoxy groups -OCH3 is 1. The first kappa shape index (κ1) is 27.7. The summed E-state index contributed by atoms with van der Waals surface area (Å²) in [5.41, 5.74) is 5.10. The number of benzene rings is 3. The van der Waals surface area contributed by atoms with Crippen molar-refractivity contribution in [1.29, 1.82) is 0 Å². The molecule has 0 aliphatic carbocycles. The molecule has 0 saturated carbocycles. The Kier molecular flexibility index (Phi) is 8.07. The summed E-state index contributed by atoms with van der Waals surface area (Å²) in [7, 11) is 1.61. The van der Waals surface area contributed by atoms with E-state index in [0.29, 0.717) is 11.6 Å². The molecule has 0 saturated heterocycles. The normalized spacial score (nSPS) is 14.8. The zero-order valence-corrected chi connectivity index (χ0v) is 24.3. The second-order valence-corrected chi connectivity index (χ2v) is 11.6. The van der Waals surface area contributed by atoms with Crippen LogP contribution >= 0.6 is 23.1 Å². The van der Waals surface area contributed by atoms with Gasteiger partial charge in [-0.3, -0.25) is 14.5 Å². The Hall–Kier alpha value is -4.41. The minimum Gasteiger partial charge on any atom is -0.497 e. The molecule has 212 valence electrons. The lowest BCUT2D eigenvalue weighted by Crippen LogP contribution is -2.42. The van der Waals surface area contributed by atoms with Crippen LogP contribution in [0.2, 0.25) is 0 Å². The Morgan fingerprint density at radius 1 is 1.05 bits per heavy atom. The van der Waals surface area contributed by atoms with Crippen LogP contribution in [-0.2, 0) is 16.1 Å². The van der Waals surface area contributed by atoms with E-state index in [-0.39, 0.29) is 41.7 Å². The molecule has 5 aromatic rings. The Balaban J connectivity index is 1.47. The van der Waals surface area contributed by atoms with Gasteiger partial charge >= 0.3 is 0 Å². The van der Waals surface area contributed by atoms with E-state index in [1.807, 2.05) is 60.0 Å². The highest BCUT2D eigenvalue weighted by Gasteiger charge is 2.37. The van der Waals surface area contributed by atoms with Gasteiger partial charge in [-0.05, 0) is 64.4 Å². The van der Waals surface area contributed by atoms with Crippen molar-refractivity contribution in [2.24, 2.45) is 0 Å². The van der Waals surface area contributed by atoms with Gasteiger partial charge in [0.1, 0.15) is 23.9 Å². The lowest BCUT2D eigenvalue weighted by atomic mass is 10.0. The lowest BCUT2D eigenvalue weighted by Gasteiger charge is -2.23. The number of aromatic nitrogens is 2. The number of carbonyl (C=O) groups excluding carboxylic acids is 2. The van der Waals surface area contributed by atoms with E-state index in [2.05, 4.69) is 16.8 Å². The summed E-state index contributed by atoms with van der Waals surface area (Å²) in [4.78, 5) is 28.6. The van der Waals surface area contributed by atoms with E-state index < -0.39 is 0 Å². The Morgan fingerprint density at radius 3 is 2.50 bits per heavy atom. The SMILES string of the molecule is COc1ccc(-n2nc(-c3ccccc3)c3c2N(CC(=O)NCc2ccc(F)cc2)C(=O)CS[C@@H]3c2ccsc2)cc1. The molecule has 1 aliphatic heterocycles. The molecule has 0 radical (unpaired) electrons. The Labute approximate surface area is 250 Å². The van der Waals surface area contributed by atoms with Crippen LogP contribution in [0.3, 0.4) is 0 Å². The summed E-state index contributed by atoms with van der Waals surface area (Å²) in [5.74, 6) is 0.581. The van der Waals surface area contributed by atoms with E-state index in [1.54, 1.807) is 40.2 Å². The Morgan fingerprint density at radius 2 is 1.81 bits per heavy atom. The third-order valence-corrected chi connectivity index (χ3v) is 8.96. The highest BCUT2D eigenvalue weighted by molar-refractivity contribution is 8.00. The number of hydrogen-bond donors (Lipinski definition) is 1. The summed E-state index contributed by atoms with van der Waals surface area (Å²) >= 11 is 3.13. The zero-order valence-electron chi connectivity index (χ0n) is 22.7. The molecular weight excluding hydrogens is 572 g/mol. The van der Waals surface area contributed by atoms with Crippen LogP contribution in [0.1, 0.15) is 21.9 Å². The predicted octanol–water partition coefficient (Wildman–Crippen LogP) is 6.23. The fourth-order valence-corrected chi connectivity index (χ4v) is 6.88. The summed E-state index contributed by atoms with van der Waals surface area (Å²) in [6.07, 6.45) is 0. The molecule has 1 N–H and O–H groups in total. The fourth-order valence-electron chi connectivity index (χ4n) is 4.92. The van der Waals surface area contributed by atoms with Gasteiger partial charge in [-0.2, -0.15) is 16.4 Å². The quantitative estimate of drug-likeness (QED) is 0.229. The van der Waals surface area contributed by atoms with E-state index in [1.165, 1.54) is 23.9 Å². The largest absolute Gasteiger partial charge is 0.497 e. The first-order valence-electron chi connectivity index (χ1n) is 13.3. The maximum atomic E-state index is 13.8. The molecule has 0 unspecified atom stereocenters. The number of amides is 2. The summed E-state index contributed by atoms with van der Waals surface area (Å²) < 4.78 is 20.5. The maximum absolute atomic E-state index is 13.8. The van der Waals surface area contributed by atoms with Crippen LogP contribution in [-0.4, -0.2) is 41.0 Å². The van der Waals surface area contributed by atoms with Crippen molar-refractivity contribution in [2.45, 2.75) is 11.8 Å². The smallest absolute Gasteiger partial charge is 0.240 e. The van der Waals surface area contributed by atoms with Gasteiger partial charge in [-0.25, -0.2) is 9.07 Å². The molecule has 1 aliphatic rings. The molecule has 3 aromatic carbocycles. The third-order valence-electron chi connectivity index (χ3n) is 7.00. The fraction of sp³-hybridized carbons (Fsp3) is 0.156. The monoisotopic (exact) mass is 598 g/mol. The zero-order chi connectivity index (χ0) is 29.1. The first-order valence-corrected chi connectivity index (χ1v) is 15.3. The molecule has 7 nitrogen and oxygen atoms in total. The number of anilines is 1. The minimum absolute atomic E-state index is 0.176. The molecule has 6 rings (SSSR count). The summed E-state index contributed by atoms with van der Waals surface area (Å²) in [5, 5.41) is 11.9. The number of halogens is 1. The van der Waals surface area contributed by atoms with Crippen molar-refractivity contribution in [3.05, 3.63) is 118 Å². The number of fused-ring (bicyclic) bond motifs is 1. The average molecular weight is 599 g/mol. The van der Waals surface area contributed by atoms with Crippen molar-refractivity contribution in [3.8, 4) is 22.7 Å². The van der Waals surface area contributed by atoms with Gasteiger partial charge in [0, 0.05) is 17.7 Å². The van der Waals surface area contributed by atoms with Gasteiger partial charge in [-0.1, -0.05) is 42.5 Å². The van der Waals surface area contributed by atoms with Crippen LogP contribution in [0.5, 0.6) is 5.75 Å². The number of hydrogen-bond acceptors (Lipinski definition) is 6. The standard InChI is InChI=1S/C32H27FN4O3S2/c1-40-26-13-11-25(12-14-26)37-32-29(30(35-37)22-5-3-2-4-6-22)31(23-15-16-41-19-23)42-20-28(39)36(32)18-27(38)34-17-21-7-9-24(33)10-8-21/h2-16,19,31H,17-18,20H2,1H3,(H,34,38)/t31-/m1/s1. The molecule has 2 amide bonds. The third kappa shape index (κ3) is 5.68. The minimum atomic E-state index is -0.341. The predicted molar refractivity (Wildman–Crippen MR) is 165 cm³/mol. The van der Waals surface area contributed by atoms with Gasteiger partial charge < -0.3 is 10.1 Å². The molecule has 0 spiro atoms. The van der Waals surface area contributed by atoms with Gasteiger partial charge in [0.25, 0.3) is 0 Å². The molecule has 3 heterocycles. The van der Waals surface area contributed by atoms with Gasteiger partial charge in [-0.15, -0.1) is 11.8 Å². The lowest BCUT2D eigenvalue weighted by molar-refractivity contribution is -0.123. The first-order chi connectivity index (χ1) is 20.5. The van der Waals surface area contributed by atoms with E-state index >= 15 is 0 Å². The van der Waals surface area contributed by atoms with Crippen LogP contribution < -0.4 is 15.0 Å². The van der Waals surface area contributed by atoms with Crippen LogP contribution in [0.25, 0.3) is 16.9 Å². The topological polar surface area (TPSA) is 76.5 Å². The number of nitrogens with zero attached hydrogens (tertiary/aromatic N) is 3. The molecule has 1 atom stereocenters. The molecule has 0 fully saturated rings. The van der Waals surface area contributed by atoms with Gasteiger partial charge in [0.15, 0.2) is 0 Å². The molecular formula is C32H27FN4O3S2. The van der Waals surface area contributed by atoms with E-state index in [9.17, 15) is 14.0 Å². The number of carbonyl (C=O) groups is 2. The molecule has 42 heavy (non-hydrogen) atoms. The van der Waals surface area contributed by atoms with Crippen molar-refractivity contribution < 1.29 is 18.7 Å². The second-order valence-electron chi connectivity index (χ2n) is 9.69. The summed E-state index contributed by atoms with van der Waals surface area (Å²) in [6.45, 7) is 0.0211. The average Bonchev–Trinajstić information content (AvgIpc) is 3.67. The number of thiophene rings is 1. The highest BCUT2D eigenvalue weighted by atomic mass is 32.2. The van der Waals surface area contributed by atoms with Crippen LogP contribution in [0, 0.1) is 5.82 Å². The van der Waals surface area contributed by atoms with Crippen molar-refractivity contribution in [2.75, 3.05) is 24.3 Å². The van der Waals surface area contributed by atoms with Crippen molar-refractivity contribution in [1.82, 2.24) is 15.1 Å². The second kappa shape index (κ2) is 12.2. The molecule has 0 bridgehead atoms. The van der Waals surface area contributed by atoms with Gasteiger partial charge in [0.05, 0.1) is 29.5 Å². The van der Waals surface area contributed by atoms with E-state index in [0.717, 1.165) is 33.6 Å². The highest BCUT2D eigenvalue weighted by Crippen LogP contribution is 2.48. The van der Waals surface area contributed by atoms with Crippen LogP contribution in [0.15, 0.2) is 95.7 Å². The number of thioether (sulfide) groups is 1.